The summed E-state index contributed by atoms with van der Waals surface area (Å²) < 4.78 is 10.4. The van der Waals surface area contributed by atoms with Crippen LogP contribution < -0.4 is 0 Å². The molecule has 2 unspecified atom stereocenters. The summed E-state index contributed by atoms with van der Waals surface area (Å²) in [5.41, 5.74) is 2.46. The second kappa shape index (κ2) is 15.4. The Morgan fingerprint density at radius 1 is 0.676 bits per heavy atom. The van der Waals surface area contributed by atoms with Gasteiger partial charge in [-0.3, -0.25) is 20.2 Å². The molecule has 2 aliphatic rings. The van der Waals surface area contributed by atoms with Crippen LogP contribution in [0.5, 0.6) is 0 Å². The van der Waals surface area contributed by atoms with E-state index >= 15 is 0 Å². The number of aliphatic hydroxyl groups is 2. The van der Waals surface area contributed by atoms with Crippen molar-refractivity contribution in [3.05, 3.63) is 92.0 Å². The number of nitro groups is 2. The number of hydrogen-bond donors (Lipinski definition) is 2. The van der Waals surface area contributed by atoms with E-state index in [4.69, 9.17) is 14.9 Å². The summed E-state index contributed by atoms with van der Waals surface area (Å²) >= 11 is 0. The molecule has 6 atom stereocenters. The summed E-state index contributed by atoms with van der Waals surface area (Å²) in [5, 5.41) is 39.9. The van der Waals surface area contributed by atoms with Crippen molar-refractivity contribution < 1.29 is 29.5 Å². The topological polar surface area (TPSA) is 145 Å². The molecule has 2 aromatic carbocycles. The van der Waals surface area contributed by atoms with Crippen LogP contribution in [0.25, 0.3) is 0 Å². The smallest absolute Gasteiger partial charge is 0.268 e. The molecule has 37 heavy (non-hydrogen) atoms. The average molecular weight is 519 g/mol. The van der Waals surface area contributed by atoms with E-state index in [1.807, 2.05) is 36.4 Å². The van der Waals surface area contributed by atoms with Crippen LogP contribution in [-0.4, -0.2) is 70.8 Å². The molecule has 204 valence electrons. The molecule has 0 amide bonds. The first-order chi connectivity index (χ1) is 17.4. The molecule has 2 saturated heterocycles. The van der Waals surface area contributed by atoms with Crippen molar-refractivity contribution in [1.29, 1.82) is 0 Å². The van der Waals surface area contributed by atoms with E-state index in [0.29, 0.717) is 13.2 Å². The summed E-state index contributed by atoms with van der Waals surface area (Å²) in [6.07, 6.45) is 0.937. The molecule has 2 aliphatic heterocycles. The number of aliphatic hydroxyl groups excluding tert-OH is 2. The van der Waals surface area contributed by atoms with Gasteiger partial charge in [-0.25, -0.2) is 0 Å². The average Bonchev–Trinajstić information content (AvgIpc) is 2.87. The first-order valence-corrected chi connectivity index (χ1v) is 12.2. The van der Waals surface area contributed by atoms with Crippen LogP contribution >= 0.6 is 0 Å². The Morgan fingerprint density at radius 2 is 1.05 bits per heavy atom. The quantitative estimate of drug-likeness (QED) is 0.400. The SMILES string of the molecule is C.O=[N+]([O-])C1[C@H](CCc2ccccc2)COC[C@@H]1CCc1ccccc1.O=[N+]([O-])C1[C@H](O)COC[C@@H]1O. The minimum atomic E-state index is -1.30. The van der Waals surface area contributed by atoms with Crippen molar-refractivity contribution in [2.45, 2.75) is 57.4 Å². The van der Waals surface area contributed by atoms with Gasteiger partial charge < -0.3 is 19.7 Å². The molecule has 4 rings (SSSR count). The Hall–Kier alpha value is -2.92. The molecule has 0 aliphatic carbocycles. The first kappa shape index (κ1) is 30.3. The van der Waals surface area contributed by atoms with Crippen molar-refractivity contribution in [3.8, 4) is 0 Å². The monoisotopic (exact) mass is 518 g/mol. The van der Waals surface area contributed by atoms with Crippen LogP contribution in [0, 0.1) is 32.1 Å². The maximum Gasteiger partial charge on any atom is 0.268 e. The molecule has 10 heteroatoms. The minimum absolute atomic E-state index is 0. The molecule has 2 N–H and O–H groups in total. The van der Waals surface area contributed by atoms with Gasteiger partial charge in [0.15, 0.2) is 0 Å². The van der Waals surface area contributed by atoms with E-state index in [2.05, 4.69) is 29.0 Å². The second-order valence-corrected chi connectivity index (χ2v) is 9.33. The standard InChI is InChI=1S/C21H25NO3.C5H9NO5.CH4/c23-22(24)21-19(13-11-17-7-3-1-4-8-17)15-25-16-20(21)14-12-18-9-5-2-6-10-18;7-3-1-11-2-4(8)5(3)6(9)10;/h1-10,19-21H,11-16H2;3-5,7-8H,1-2H2;1H4/t19-,20+,21?;3-,4+,5?;. The van der Waals surface area contributed by atoms with Crippen molar-refractivity contribution in [1.82, 2.24) is 0 Å². The van der Waals surface area contributed by atoms with Gasteiger partial charge in [0.2, 0.25) is 6.04 Å². The van der Waals surface area contributed by atoms with Crippen LogP contribution in [0.4, 0.5) is 0 Å². The second-order valence-electron chi connectivity index (χ2n) is 9.33. The molecule has 0 spiro atoms. The third-order valence-electron chi connectivity index (χ3n) is 6.78. The molecule has 2 aromatic rings. The number of ether oxygens (including phenoxy) is 2. The highest BCUT2D eigenvalue weighted by molar-refractivity contribution is 5.15. The van der Waals surface area contributed by atoms with E-state index in [-0.39, 0.29) is 37.4 Å². The zero-order chi connectivity index (χ0) is 25.9. The molecule has 0 aromatic heterocycles. The Labute approximate surface area is 217 Å². The molecule has 2 fully saturated rings. The lowest BCUT2D eigenvalue weighted by molar-refractivity contribution is -0.552. The van der Waals surface area contributed by atoms with Gasteiger partial charge in [-0.1, -0.05) is 68.1 Å². The number of aryl methyl sites for hydroxylation is 2. The summed E-state index contributed by atoms with van der Waals surface area (Å²) in [6, 6.07) is 18.6. The van der Waals surface area contributed by atoms with Crippen molar-refractivity contribution >= 4 is 0 Å². The summed E-state index contributed by atoms with van der Waals surface area (Å²) in [6.45, 7) is 0.839. The van der Waals surface area contributed by atoms with Crippen LogP contribution in [0.15, 0.2) is 60.7 Å². The van der Waals surface area contributed by atoms with Crippen molar-refractivity contribution in [2.75, 3.05) is 26.4 Å². The van der Waals surface area contributed by atoms with E-state index in [1.165, 1.54) is 11.1 Å². The fourth-order valence-electron chi connectivity index (χ4n) is 4.84. The van der Waals surface area contributed by atoms with Gasteiger partial charge >= 0.3 is 0 Å². The van der Waals surface area contributed by atoms with E-state index < -0.39 is 29.2 Å². The molecule has 0 saturated carbocycles. The highest BCUT2D eigenvalue weighted by Gasteiger charge is 2.42. The summed E-state index contributed by atoms with van der Waals surface area (Å²) in [5.74, 6) is -0.0190. The Morgan fingerprint density at radius 3 is 1.41 bits per heavy atom. The molecular formula is C27H38N2O8. The Bertz CT molecular complexity index is 884. The zero-order valence-corrected chi connectivity index (χ0v) is 20.1. The van der Waals surface area contributed by atoms with Gasteiger partial charge in [0.05, 0.1) is 38.3 Å². The van der Waals surface area contributed by atoms with E-state index in [0.717, 1.165) is 25.7 Å². The largest absolute Gasteiger partial charge is 0.383 e. The number of benzene rings is 2. The van der Waals surface area contributed by atoms with Crippen LogP contribution in [0.2, 0.25) is 0 Å². The van der Waals surface area contributed by atoms with Crippen LogP contribution in [0.3, 0.4) is 0 Å². The van der Waals surface area contributed by atoms with Gasteiger partial charge in [-0.2, -0.15) is 0 Å². The summed E-state index contributed by atoms with van der Waals surface area (Å²) in [7, 11) is 0. The Kier molecular flexibility index (Phi) is 12.6. The lowest BCUT2D eigenvalue weighted by atomic mass is 9.81. The minimum Gasteiger partial charge on any atom is -0.383 e. The molecular weight excluding hydrogens is 480 g/mol. The van der Waals surface area contributed by atoms with Gasteiger partial charge in [0.25, 0.3) is 6.04 Å². The van der Waals surface area contributed by atoms with Gasteiger partial charge in [0.1, 0.15) is 12.2 Å². The molecule has 10 nitrogen and oxygen atoms in total. The molecule has 0 bridgehead atoms. The first-order valence-electron chi connectivity index (χ1n) is 12.2. The van der Waals surface area contributed by atoms with Crippen molar-refractivity contribution in [2.24, 2.45) is 11.8 Å². The zero-order valence-electron chi connectivity index (χ0n) is 20.1. The van der Waals surface area contributed by atoms with Gasteiger partial charge in [-0.15, -0.1) is 0 Å². The highest BCUT2D eigenvalue weighted by atomic mass is 16.6. The maximum atomic E-state index is 11.7. The predicted molar refractivity (Wildman–Crippen MR) is 138 cm³/mol. The van der Waals surface area contributed by atoms with Crippen molar-refractivity contribution in [3.63, 3.8) is 0 Å². The van der Waals surface area contributed by atoms with Gasteiger partial charge in [-0.05, 0) is 36.8 Å². The third kappa shape index (κ3) is 9.15. The predicted octanol–water partition coefficient (Wildman–Crippen LogP) is 3.18. The lowest BCUT2D eigenvalue weighted by Crippen LogP contribution is -2.51. The van der Waals surface area contributed by atoms with E-state index in [1.54, 1.807) is 0 Å². The van der Waals surface area contributed by atoms with Gasteiger partial charge in [0, 0.05) is 9.85 Å². The lowest BCUT2D eigenvalue weighted by Gasteiger charge is -2.32. The molecule has 2 heterocycles. The normalized spacial score (nSPS) is 27.2. The van der Waals surface area contributed by atoms with Crippen LogP contribution in [0.1, 0.15) is 31.4 Å². The number of rotatable bonds is 8. The third-order valence-corrected chi connectivity index (χ3v) is 6.78. The number of nitrogens with zero attached hydrogens (tertiary/aromatic N) is 2. The Balaban J connectivity index is 0.000000339. The maximum absolute atomic E-state index is 11.7. The summed E-state index contributed by atoms with van der Waals surface area (Å²) in [4.78, 5) is 21.2. The highest BCUT2D eigenvalue weighted by Crippen LogP contribution is 2.30. The van der Waals surface area contributed by atoms with E-state index in [9.17, 15) is 20.2 Å². The fourth-order valence-corrected chi connectivity index (χ4v) is 4.84. The number of hydrogen-bond acceptors (Lipinski definition) is 8. The van der Waals surface area contributed by atoms with Crippen LogP contribution in [-0.2, 0) is 22.3 Å². The fraction of sp³-hybridized carbons (Fsp3) is 0.556. The molecule has 0 radical (unpaired) electrons.